The predicted octanol–water partition coefficient (Wildman–Crippen LogP) is 2.19. The van der Waals surface area contributed by atoms with Crippen molar-refractivity contribution in [3.8, 4) is 0 Å². The van der Waals surface area contributed by atoms with Gasteiger partial charge in [-0.2, -0.15) is 8.42 Å². The zero-order chi connectivity index (χ0) is 13.1. The van der Waals surface area contributed by atoms with E-state index >= 15 is 0 Å². The Morgan fingerprint density at radius 2 is 1.94 bits per heavy atom. The summed E-state index contributed by atoms with van der Waals surface area (Å²) in [7, 11) is -2.38. The van der Waals surface area contributed by atoms with Crippen LogP contribution in [-0.4, -0.2) is 31.4 Å². The number of methoxy groups -OCH3 is 1. The lowest BCUT2D eigenvalue weighted by molar-refractivity contribution is 0.0367. The van der Waals surface area contributed by atoms with Crippen LogP contribution in [-0.2, 0) is 14.9 Å². The third-order valence-corrected chi connectivity index (χ3v) is 4.17. The van der Waals surface area contributed by atoms with Crippen molar-refractivity contribution in [1.29, 1.82) is 0 Å². The molecule has 4 nitrogen and oxygen atoms in total. The van der Waals surface area contributed by atoms with Crippen molar-refractivity contribution >= 4 is 10.1 Å². The lowest BCUT2D eigenvalue weighted by Gasteiger charge is -2.33. The van der Waals surface area contributed by atoms with Crippen molar-refractivity contribution < 1.29 is 17.7 Å². The third-order valence-electron chi connectivity index (χ3n) is 3.16. The highest BCUT2D eigenvalue weighted by Crippen LogP contribution is 2.34. The van der Waals surface area contributed by atoms with E-state index in [1.54, 1.807) is 19.3 Å². The van der Waals surface area contributed by atoms with Gasteiger partial charge in [-0.25, -0.2) is 0 Å². The molecule has 17 heavy (non-hydrogen) atoms. The fourth-order valence-electron chi connectivity index (χ4n) is 2.08. The smallest absolute Gasteiger partial charge is 0.275 e. The van der Waals surface area contributed by atoms with Gasteiger partial charge in [-0.1, -0.05) is 44.6 Å². The van der Waals surface area contributed by atoms with Crippen LogP contribution in [0, 0.1) is 5.41 Å². The second-order valence-electron chi connectivity index (χ2n) is 4.58. The molecule has 5 heteroatoms. The van der Waals surface area contributed by atoms with Crippen molar-refractivity contribution in [2.45, 2.75) is 38.0 Å². The van der Waals surface area contributed by atoms with Gasteiger partial charge in [0.15, 0.2) is 0 Å². The van der Waals surface area contributed by atoms with Gasteiger partial charge < -0.3 is 4.74 Å². The summed E-state index contributed by atoms with van der Waals surface area (Å²) >= 11 is 0. The molecule has 0 aromatic heterocycles. The van der Waals surface area contributed by atoms with Gasteiger partial charge in [0.25, 0.3) is 10.1 Å². The molecule has 0 bridgehead atoms. The standard InChI is InChI=1S/C12H20O4S/c1-4-5-11(16-3)12(2)8-6-10(7-9-12)17(13,14)15/h6-11H,4-5H2,1-3H3,(H,13,14,15). The molecule has 1 atom stereocenters. The Balaban J connectivity index is 2.87. The van der Waals surface area contributed by atoms with E-state index < -0.39 is 15.4 Å². The van der Waals surface area contributed by atoms with Crippen molar-refractivity contribution in [3.63, 3.8) is 0 Å². The molecule has 0 saturated carbocycles. The van der Waals surface area contributed by atoms with Crippen LogP contribution >= 0.6 is 0 Å². The minimum absolute atomic E-state index is 0.0161. The van der Waals surface area contributed by atoms with Crippen LogP contribution in [0.25, 0.3) is 0 Å². The van der Waals surface area contributed by atoms with E-state index in [1.807, 2.05) is 6.92 Å². The average Bonchev–Trinajstić information content (AvgIpc) is 2.25. The molecule has 0 fully saturated rings. The first kappa shape index (κ1) is 14.4. The summed E-state index contributed by atoms with van der Waals surface area (Å²) in [6.45, 7) is 4.07. The van der Waals surface area contributed by atoms with Gasteiger partial charge in [0, 0.05) is 12.5 Å². The molecule has 0 aromatic rings. The van der Waals surface area contributed by atoms with Gasteiger partial charge in [0.05, 0.1) is 6.10 Å². The topological polar surface area (TPSA) is 63.6 Å². The minimum Gasteiger partial charge on any atom is -0.380 e. The molecule has 0 aliphatic heterocycles. The van der Waals surface area contributed by atoms with Gasteiger partial charge in [0.1, 0.15) is 5.25 Å². The van der Waals surface area contributed by atoms with E-state index in [0.29, 0.717) is 0 Å². The zero-order valence-electron chi connectivity index (χ0n) is 10.5. The SMILES string of the molecule is CCCC(OC)C1(C)C=CC(S(=O)(=O)O)C=C1. The molecule has 98 valence electrons. The Bertz CT molecular complexity index is 394. The van der Waals surface area contributed by atoms with E-state index in [1.165, 1.54) is 12.2 Å². The Kier molecular flexibility index (Phi) is 4.52. The molecular formula is C12H20O4S. The van der Waals surface area contributed by atoms with Gasteiger partial charge in [0.2, 0.25) is 0 Å². The second-order valence-corrected chi connectivity index (χ2v) is 6.15. The molecule has 0 saturated heterocycles. The van der Waals surface area contributed by atoms with Crippen LogP contribution in [0.4, 0.5) is 0 Å². The first-order valence-electron chi connectivity index (χ1n) is 5.71. The molecule has 0 amide bonds. The van der Waals surface area contributed by atoms with Crippen molar-refractivity contribution in [2.75, 3.05) is 7.11 Å². The summed E-state index contributed by atoms with van der Waals surface area (Å²) in [6, 6.07) is 0. The normalized spacial score (nSPS) is 30.5. The maximum Gasteiger partial charge on any atom is 0.275 e. The molecule has 0 heterocycles. The highest BCUT2D eigenvalue weighted by molar-refractivity contribution is 7.86. The van der Waals surface area contributed by atoms with Gasteiger partial charge >= 0.3 is 0 Å². The Morgan fingerprint density at radius 1 is 1.41 bits per heavy atom. The summed E-state index contributed by atoms with van der Waals surface area (Å²) in [5, 5.41) is -0.935. The molecule has 1 aliphatic rings. The molecule has 1 rings (SSSR count). The van der Waals surface area contributed by atoms with Crippen LogP contribution in [0.5, 0.6) is 0 Å². The summed E-state index contributed by atoms with van der Waals surface area (Å²) in [6.07, 6.45) is 8.54. The molecular weight excluding hydrogens is 240 g/mol. The molecule has 0 aromatic carbocycles. The highest BCUT2D eigenvalue weighted by Gasteiger charge is 2.33. The largest absolute Gasteiger partial charge is 0.380 e. The second kappa shape index (κ2) is 5.33. The molecule has 1 aliphatic carbocycles. The van der Waals surface area contributed by atoms with E-state index in [2.05, 4.69) is 6.92 Å². The molecule has 0 spiro atoms. The lowest BCUT2D eigenvalue weighted by atomic mass is 9.79. The van der Waals surface area contributed by atoms with Crippen LogP contribution in [0.15, 0.2) is 24.3 Å². The zero-order valence-corrected chi connectivity index (χ0v) is 11.3. The monoisotopic (exact) mass is 260 g/mol. The Labute approximate surface area is 103 Å². The van der Waals surface area contributed by atoms with Crippen LogP contribution in [0.2, 0.25) is 0 Å². The van der Waals surface area contributed by atoms with Gasteiger partial charge in [-0.3, -0.25) is 4.55 Å². The predicted molar refractivity (Wildman–Crippen MR) is 67.4 cm³/mol. The highest BCUT2D eigenvalue weighted by atomic mass is 32.2. The van der Waals surface area contributed by atoms with E-state index in [4.69, 9.17) is 9.29 Å². The third kappa shape index (κ3) is 3.40. The minimum atomic E-state index is -4.04. The molecule has 1 N–H and O–H groups in total. The van der Waals surface area contributed by atoms with Gasteiger partial charge in [-0.05, 0) is 6.42 Å². The van der Waals surface area contributed by atoms with Crippen LogP contribution < -0.4 is 0 Å². The van der Waals surface area contributed by atoms with E-state index in [0.717, 1.165) is 12.8 Å². The average molecular weight is 260 g/mol. The summed E-state index contributed by atoms with van der Waals surface area (Å²) < 4.78 is 36.4. The fraction of sp³-hybridized carbons (Fsp3) is 0.667. The Hall–Kier alpha value is -0.650. The van der Waals surface area contributed by atoms with Crippen molar-refractivity contribution in [2.24, 2.45) is 5.41 Å². The number of hydrogen-bond acceptors (Lipinski definition) is 3. The summed E-state index contributed by atoms with van der Waals surface area (Å²) in [4.78, 5) is 0. The number of rotatable bonds is 5. The first-order chi connectivity index (χ1) is 7.83. The van der Waals surface area contributed by atoms with Gasteiger partial charge in [-0.15, -0.1) is 0 Å². The fourth-order valence-corrected chi connectivity index (χ4v) is 2.64. The van der Waals surface area contributed by atoms with Crippen LogP contribution in [0.1, 0.15) is 26.7 Å². The lowest BCUT2D eigenvalue weighted by Crippen LogP contribution is -2.33. The summed E-state index contributed by atoms with van der Waals surface area (Å²) in [5.74, 6) is 0. The van der Waals surface area contributed by atoms with Crippen molar-refractivity contribution in [3.05, 3.63) is 24.3 Å². The van der Waals surface area contributed by atoms with Crippen LogP contribution in [0.3, 0.4) is 0 Å². The molecule has 1 unspecified atom stereocenters. The van der Waals surface area contributed by atoms with E-state index in [9.17, 15) is 8.42 Å². The quantitative estimate of drug-likeness (QED) is 0.608. The maximum atomic E-state index is 11.0. The first-order valence-corrected chi connectivity index (χ1v) is 7.21. The maximum absolute atomic E-state index is 11.0. The Morgan fingerprint density at radius 3 is 2.29 bits per heavy atom. The van der Waals surface area contributed by atoms with Crippen molar-refractivity contribution in [1.82, 2.24) is 0 Å². The summed E-state index contributed by atoms with van der Waals surface area (Å²) in [5.41, 5.74) is -0.314. The number of hydrogen-bond donors (Lipinski definition) is 1. The number of ether oxygens (including phenoxy) is 1. The van der Waals surface area contributed by atoms with E-state index in [-0.39, 0.29) is 11.5 Å². The molecule has 0 radical (unpaired) electrons.